The lowest BCUT2D eigenvalue weighted by molar-refractivity contribution is 0.0303. The Labute approximate surface area is 176 Å². The summed E-state index contributed by atoms with van der Waals surface area (Å²) in [5, 5.41) is 0. The minimum Gasteiger partial charge on any atom is -0.378 e. The highest BCUT2D eigenvalue weighted by molar-refractivity contribution is 5.98. The summed E-state index contributed by atoms with van der Waals surface area (Å²) in [6.07, 6.45) is 13.8. The van der Waals surface area contributed by atoms with E-state index in [1.165, 1.54) is 0 Å². The van der Waals surface area contributed by atoms with Gasteiger partial charge < -0.3 is 9.64 Å². The van der Waals surface area contributed by atoms with E-state index in [2.05, 4.69) is 31.4 Å². The summed E-state index contributed by atoms with van der Waals surface area (Å²) in [6, 6.07) is 5.52. The van der Waals surface area contributed by atoms with Crippen LogP contribution in [-0.4, -0.2) is 47.1 Å². The molecule has 2 aliphatic rings. The molecule has 0 atom stereocenters. The lowest BCUT2D eigenvalue weighted by atomic mass is 9.98. The van der Waals surface area contributed by atoms with Crippen LogP contribution >= 0.6 is 0 Å². The minimum absolute atomic E-state index is 0.00254. The molecule has 0 spiro atoms. The lowest BCUT2D eigenvalue weighted by Crippen LogP contribution is -2.40. The molecular formula is C25H25N3O2. The molecule has 1 aliphatic carbocycles. The molecule has 0 radical (unpaired) electrons. The highest BCUT2D eigenvalue weighted by atomic mass is 16.5. The average molecular weight is 399 g/mol. The van der Waals surface area contributed by atoms with Crippen LogP contribution in [0, 0.1) is 0 Å². The van der Waals surface area contributed by atoms with E-state index in [0.717, 1.165) is 40.9 Å². The number of allylic oxidation sites excluding steroid dienone is 8. The van der Waals surface area contributed by atoms with Gasteiger partial charge in [0, 0.05) is 24.2 Å². The first-order valence-corrected chi connectivity index (χ1v) is 10.2. The first-order valence-electron chi connectivity index (χ1n) is 10.2. The number of amides is 1. The van der Waals surface area contributed by atoms with Crippen LogP contribution in [0.25, 0.3) is 22.2 Å². The van der Waals surface area contributed by atoms with Gasteiger partial charge in [0.2, 0.25) is 0 Å². The van der Waals surface area contributed by atoms with Gasteiger partial charge in [0.15, 0.2) is 0 Å². The second-order valence-electron chi connectivity index (χ2n) is 7.23. The van der Waals surface area contributed by atoms with Crippen molar-refractivity contribution in [1.82, 2.24) is 14.9 Å². The van der Waals surface area contributed by atoms with Crippen LogP contribution in [-0.2, 0) is 4.74 Å². The Morgan fingerprint density at radius 3 is 2.63 bits per heavy atom. The molecule has 0 N–H and O–H groups in total. The van der Waals surface area contributed by atoms with E-state index in [1.54, 1.807) is 12.2 Å². The molecule has 2 heterocycles. The third-order valence-electron chi connectivity index (χ3n) is 5.27. The van der Waals surface area contributed by atoms with Gasteiger partial charge in [-0.25, -0.2) is 9.97 Å². The van der Waals surface area contributed by atoms with Gasteiger partial charge in [-0.2, -0.15) is 0 Å². The van der Waals surface area contributed by atoms with Crippen molar-refractivity contribution in [2.24, 2.45) is 0 Å². The van der Waals surface area contributed by atoms with Crippen LogP contribution < -0.4 is 0 Å². The summed E-state index contributed by atoms with van der Waals surface area (Å²) in [6.45, 7) is 10.1. The van der Waals surface area contributed by atoms with Crippen molar-refractivity contribution in [2.75, 3.05) is 26.3 Å². The minimum atomic E-state index is 0.00254. The van der Waals surface area contributed by atoms with E-state index in [4.69, 9.17) is 14.7 Å². The molecule has 1 aromatic carbocycles. The molecule has 152 valence electrons. The van der Waals surface area contributed by atoms with E-state index in [0.29, 0.717) is 37.4 Å². The van der Waals surface area contributed by atoms with Gasteiger partial charge in [-0.1, -0.05) is 49.6 Å². The number of hydrogen-bond acceptors (Lipinski definition) is 4. The number of ether oxygens (including phenoxy) is 1. The number of rotatable bonds is 5. The molecule has 1 aliphatic heterocycles. The fraction of sp³-hybridized carbons (Fsp3) is 0.240. The molecule has 4 rings (SSSR count). The molecule has 5 heteroatoms. The summed E-state index contributed by atoms with van der Waals surface area (Å²) >= 11 is 0. The predicted octanol–water partition coefficient (Wildman–Crippen LogP) is 4.59. The molecule has 0 saturated carbocycles. The van der Waals surface area contributed by atoms with Gasteiger partial charge in [0.1, 0.15) is 0 Å². The first kappa shape index (κ1) is 20.0. The van der Waals surface area contributed by atoms with Crippen molar-refractivity contribution in [2.45, 2.75) is 12.8 Å². The van der Waals surface area contributed by atoms with E-state index in [9.17, 15) is 4.79 Å². The van der Waals surface area contributed by atoms with Gasteiger partial charge in [-0.3, -0.25) is 4.79 Å². The first-order chi connectivity index (χ1) is 14.7. The molecule has 2 aromatic rings. The quantitative estimate of drug-likeness (QED) is 0.690. The summed E-state index contributed by atoms with van der Waals surface area (Å²) in [5.41, 5.74) is 5.52. The topological polar surface area (TPSA) is 55.3 Å². The molecule has 1 fully saturated rings. The number of carbonyl (C=O) groups is 1. The zero-order chi connectivity index (χ0) is 20.9. The standard InChI is InChI=1S/C25H25N3O2/c1-3-8-18(4-2)23-24(19-9-6-5-7-10-19)27-22-17-20(11-12-21(22)26-23)25(29)28-13-15-30-16-14-28/h3-4,6,8-12,17H,1-2,5,7,13-16H2/b18-8+. The molecule has 30 heavy (non-hydrogen) atoms. The number of hydrogen-bond donors (Lipinski definition) is 0. The Kier molecular flexibility index (Phi) is 6.00. The van der Waals surface area contributed by atoms with Crippen molar-refractivity contribution >= 4 is 28.1 Å². The Hall–Kier alpha value is -3.31. The average Bonchev–Trinajstić information content (AvgIpc) is 2.82. The van der Waals surface area contributed by atoms with Gasteiger partial charge >= 0.3 is 0 Å². The summed E-state index contributed by atoms with van der Waals surface area (Å²) in [5.74, 6) is 0.00254. The van der Waals surface area contributed by atoms with Crippen molar-refractivity contribution in [1.29, 1.82) is 0 Å². The van der Waals surface area contributed by atoms with E-state index >= 15 is 0 Å². The number of carbonyl (C=O) groups excluding carboxylic acids is 1. The third kappa shape index (κ3) is 4.02. The van der Waals surface area contributed by atoms with Gasteiger partial charge in [0.05, 0.1) is 35.6 Å². The fourth-order valence-electron chi connectivity index (χ4n) is 3.70. The monoisotopic (exact) mass is 399 g/mol. The van der Waals surface area contributed by atoms with E-state index < -0.39 is 0 Å². The molecule has 0 bridgehead atoms. The molecule has 1 amide bonds. The molecule has 0 unspecified atom stereocenters. The predicted molar refractivity (Wildman–Crippen MR) is 121 cm³/mol. The number of nitrogens with zero attached hydrogens (tertiary/aromatic N) is 3. The summed E-state index contributed by atoms with van der Waals surface area (Å²) in [7, 11) is 0. The van der Waals surface area contributed by atoms with E-state index in [1.807, 2.05) is 29.2 Å². The Balaban J connectivity index is 1.82. The lowest BCUT2D eigenvalue weighted by Gasteiger charge is -2.26. The number of fused-ring (bicyclic) bond motifs is 1. The maximum Gasteiger partial charge on any atom is 0.254 e. The van der Waals surface area contributed by atoms with Gasteiger partial charge in [0.25, 0.3) is 5.91 Å². The smallest absolute Gasteiger partial charge is 0.254 e. The third-order valence-corrected chi connectivity index (χ3v) is 5.27. The zero-order valence-corrected chi connectivity index (χ0v) is 17.0. The van der Waals surface area contributed by atoms with Gasteiger partial charge in [-0.15, -0.1) is 0 Å². The fourth-order valence-corrected chi connectivity index (χ4v) is 3.70. The molecule has 1 saturated heterocycles. The normalized spacial score (nSPS) is 17.0. The van der Waals surface area contributed by atoms with Gasteiger partial charge in [-0.05, 0) is 36.6 Å². The summed E-state index contributed by atoms with van der Waals surface area (Å²) < 4.78 is 5.36. The largest absolute Gasteiger partial charge is 0.378 e. The van der Waals surface area contributed by atoms with Crippen LogP contribution in [0.15, 0.2) is 67.8 Å². The summed E-state index contributed by atoms with van der Waals surface area (Å²) in [4.78, 5) is 24.5. The highest BCUT2D eigenvalue weighted by Gasteiger charge is 2.20. The van der Waals surface area contributed by atoms with Crippen LogP contribution in [0.1, 0.15) is 34.6 Å². The number of aromatic nitrogens is 2. The maximum absolute atomic E-state index is 12.9. The maximum atomic E-state index is 12.9. The SMILES string of the molecule is C=C/C=C(\C=C)c1nc2ccc(C(=O)N3CCOCC3)cc2nc1C1=CCCC=C1. The van der Waals surface area contributed by atoms with Crippen molar-refractivity contribution < 1.29 is 9.53 Å². The van der Waals surface area contributed by atoms with Crippen molar-refractivity contribution in [3.63, 3.8) is 0 Å². The number of benzene rings is 1. The molecular weight excluding hydrogens is 374 g/mol. The second kappa shape index (κ2) is 9.01. The molecule has 5 nitrogen and oxygen atoms in total. The van der Waals surface area contributed by atoms with Crippen molar-refractivity contribution in [3.05, 3.63) is 84.8 Å². The zero-order valence-electron chi connectivity index (χ0n) is 17.0. The van der Waals surface area contributed by atoms with E-state index in [-0.39, 0.29) is 5.91 Å². The van der Waals surface area contributed by atoms with Crippen molar-refractivity contribution in [3.8, 4) is 0 Å². The second-order valence-corrected chi connectivity index (χ2v) is 7.23. The van der Waals surface area contributed by atoms with Crippen LogP contribution in [0.5, 0.6) is 0 Å². The van der Waals surface area contributed by atoms with Crippen LogP contribution in [0.4, 0.5) is 0 Å². The Morgan fingerprint density at radius 2 is 1.93 bits per heavy atom. The highest BCUT2D eigenvalue weighted by Crippen LogP contribution is 2.29. The Bertz CT molecular complexity index is 1090. The molecule has 1 aromatic heterocycles. The number of morpholine rings is 1. The Morgan fingerprint density at radius 1 is 1.10 bits per heavy atom. The van der Waals surface area contributed by atoms with Crippen LogP contribution in [0.3, 0.4) is 0 Å². The van der Waals surface area contributed by atoms with Crippen LogP contribution in [0.2, 0.25) is 0 Å².